The van der Waals surface area contributed by atoms with E-state index in [0.717, 1.165) is 24.2 Å². The van der Waals surface area contributed by atoms with E-state index in [9.17, 15) is 13.2 Å². The van der Waals surface area contributed by atoms with Crippen LogP contribution >= 0.6 is 0 Å². The molecule has 2 rings (SSSR count). The Hall–Kier alpha value is -2.04. The molecule has 0 fully saturated rings. The summed E-state index contributed by atoms with van der Waals surface area (Å²) in [5.74, 6) is 0.426. The van der Waals surface area contributed by atoms with Gasteiger partial charge in [0, 0.05) is 12.2 Å². The number of anilines is 1. The van der Waals surface area contributed by atoms with E-state index in [1.54, 1.807) is 0 Å². The number of benzene rings is 1. The molecule has 1 unspecified atom stereocenters. The van der Waals surface area contributed by atoms with Crippen LogP contribution in [-0.4, -0.2) is 4.98 Å². The smallest absolute Gasteiger partial charge is 0.364 e. The summed E-state index contributed by atoms with van der Waals surface area (Å²) < 4.78 is 37.4. The minimum absolute atomic E-state index is 0.0276. The molecule has 0 amide bonds. The summed E-state index contributed by atoms with van der Waals surface area (Å²) >= 11 is 0. The van der Waals surface area contributed by atoms with Gasteiger partial charge in [0.05, 0.1) is 5.56 Å². The second kappa shape index (κ2) is 6.16. The molecule has 1 heterocycles. The number of rotatable bonds is 4. The van der Waals surface area contributed by atoms with Gasteiger partial charge < -0.3 is 5.32 Å². The van der Waals surface area contributed by atoms with Gasteiger partial charge in [0.25, 0.3) is 0 Å². The third-order valence-electron chi connectivity index (χ3n) is 3.34. The molecule has 112 valence electrons. The van der Waals surface area contributed by atoms with Gasteiger partial charge in [0.2, 0.25) is 0 Å². The lowest BCUT2D eigenvalue weighted by molar-refractivity contribution is -0.137. The minimum atomic E-state index is -4.35. The maximum atomic E-state index is 12.5. The summed E-state index contributed by atoms with van der Waals surface area (Å²) in [7, 11) is 0. The van der Waals surface area contributed by atoms with E-state index in [-0.39, 0.29) is 6.04 Å². The Morgan fingerprint density at radius 3 is 2.24 bits per heavy atom. The van der Waals surface area contributed by atoms with Gasteiger partial charge in [-0.05, 0) is 36.6 Å². The van der Waals surface area contributed by atoms with Crippen LogP contribution in [0.2, 0.25) is 0 Å². The van der Waals surface area contributed by atoms with Crippen LogP contribution in [0.25, 0.3) is 0 Å². The first-order valence-corrected chi connectivity index (χ1v) is 6.78. The summed E-state index contributed by atoms with van der Waals surface area (Å²) in [6.07, 6.45) is -2.54. The van der Waals surface area contributed by atoms with Crippen molar-refractivity contribution in [1.29, 1.82) is 0 Å². The zero-order valence-electron chi connectivity index (χ0n) is 11.9. The standard InChI is InChI=1S/C16H17F3N2/c1-3-12-4-6-13(7-5-12)11(2)21-15-9-8-14(10-20-15)16(17,18)19/h4-11H,3H2,1-2H3,(H,20,21). The molecule has 0 aliphatic heterocycles. The Labute approximate surface area is 122 Å². The molecule has 0 radical (unpaired) electrons. The largest absolute Gasteiger partial charge is 0.417 e. The number of nitrogens with zero attached hydrogens (tertiary/aromatic N) is 1. The number of alkyl halides is 3. The second-order valence-corrected chi connectivity index (χ2v) is 4.89. The molecule has 0 saturated heterocycles. The van der Waals surface area contributed by atoms with Gasteiger partial charge in [-0.3, -0.25) is 0 Å². The molecule has 0 aliphatic rings. The van der Waals surface area contributed by atoms with Gasteiger partial charge in [-0.15, -0.1) is 0 Å². The highest BCUT2D eigenvalue weighted by atomic mass is 19.4. The van der Waals surface area contributed by atoms with Gasteiger partial charge in [0.1, 0.15) is 5.82 Å². The predicted octanol–water partition coefficient (Wildman–Crippen LogP) is 4.84. The van der Waals surface area contributed by atoms with Gasteiger partial charge in [-0.2, -0.15) is 13.2 Å². The van der Waals surface area contributed by atoms with Crippen molar-refractivity contribution >= 4 is 5.82 Å². The molecule has 1 atom stereocenters. The van der Waals surface area contributed by atoms with Crippen molar-refractivity contribution in [2.75, 3.05) is 5.32 Å². The Balaban J connectivity index is 2.06. The van der Waals surface area contributed by atoms with Crippen molar-refractivity contribution in [3.05, 3.63) is 59.3 Å². The van der Waals surface area contributed by atoms with Gasteiger partial charge in [-0.25, -0.2) is 4.98 Å². The van der Waals surface area contributed by atoms with Crippen LogP contribution < -0.4 is 5.32 Å². The SMILES string of the molecule is CCc1ccc(C(C)Nc2ccc(C(F)(F)F)cn2)cc1. The van der Waals surface area contributed by atoms with E-state index in [4.69, 9.17) is 0 Å². The molecular formula is C16H17F3N2. The van der Waals surface area contributed by atoms with E-state index in [2.05, 4.69) is 17.2 Å². The van der Waals surface area contributed by atoms with Crippen LogP contribution in [0.3, 0.4) is 0 Å². The van der Waals surface area contributed by atoms with Crippen molar-refractivity contribution in [3.63, 3.8) is 0 Å². The number of pyridine rings is 1. The first kappa shape index (κ1) is 15.4. The zero-order valence-corrected chi connectivity index (χ0v) is 11.9. The van der Waals surface area contributed by atoms with Crippen LogP contribution in [0.1, 0.15) is 36.6 Å². The summed E-state index contributed by atoms with van der Waals surface area (Å²) in [6.45, 7) is 4.03. The average molecular weight is 294 g/mol. The minimum Gasteiger partial charge on any atom is -0.364 e. The van der Waals surface area contributed by atoms with Gasteiger partial charge in [-0.1, -0.05) is 31.2 Å². The summed E-state index contributed by atoms with van der Waals surface area (Å²) in [5.41, 5.74) is 1.57. The molecule has 0 spiro atoms. The Bertz CT molecular complexity index is 574. The quantitative estimate of drug-likeness (QED) is 0.873. The highest BCUT2D eigenvalue weighted by Gasteiger charge is 2.30. The summed E-state index contributed by atoms with van der Waals surface area (Å²) in [6, 6.07) is 10.5. The molecular weight excluding hydrogens is 277 g/mol. The van der Waals surface area contributed by atoms with E-state index in [1.165, 1.54) is 11.6 Å². The van der Waals surface area contributed by atoms with E-state index >= 15 is 0 Å². The third-order valence-corrected chi connectivity index (χ3v) is 3.34. The number of hydrogen-bond donors (Lipinski definition) is 1. The summed E-state index contributed by atoms with van der Waals surface area (Å²) in [4.78, 5) is 3.81. The van der Waals surface area contributed by atoms with Crippen molar-refractivity contribution < 1.29 is 13.2 Å². The average Bonchev–Trinajstić information content (AvgIpc) is 2.47. The maximum Gasteiger partial charge on any atom is 0.417 e. The van der Waals surface area contributed by atoms with Crippen LogP contribution in [0.15, 0.2) is 42.6 Å². The van der Waals surface area contributed by atoms with Crippen LogP contribution in [0, 0.1) is 0 Å². The molecule has 1 aromatic heterocycles. The van der Waals surface area contributed by atoms with Crippen molar-refractivity contribution in [2.45, 2.75) is 32.5 Å². The molecule has 2 nitrogen and oxygen atoms in total. The van der Waals surface area contributed by atoms with Crippen LogP contribution in [0.5, 0.6) is 0 Å². The van der Waals surface area contributed by atoms with Gasteiger partial charge in [0.15, 0.2) is 0 Å². The fourth-order valence-electron chi connectivity index (χ4n) is 1.99. The van der Waals surface area contributed by atoms with E-state index < -0.39 is 11.7 Å². The zero-order chi connectivity index (χ0) is 15.5. The highest BCUT2D eigenvalue weighted by Crippen LogP contribution is 2.29. The number of aromatic nitrogens is 1. The number of nitrogens with one attached hydrogen (secondary N) is 1. The maximum absolute atomic E-state index is 12.5. The predicted molar refractivity (Wildman–Crippen MR) is 77.1 cm³/mol. The first-order chi connectivity index (χ1) is 9.90. The first-order valence-electron chi connectivity index (χ1n) is 6.78. The van der Waals surface area contributed by atoms with Gasteiger partial charge >= 0.3 is 6.18 Å². The summed E-state index contributed by atoms with van der Waals surface area (Å²) in [5, 5.41) is 3.10. The lowest BCUT2D eigenvalue weighted by Gasteiger charge is -2.16. The van der Waals surface area contributed by atoms with Crippen LogP contribution in [0.4, 0.5) is 19.0 Å². The van der Waals surface area contributed by atoms with Crippen LogP contribution in [-0.2, 0) is 12.6 Å². The fraction of sp³-hybridized carbons (Fsp3) is 0.312. The Morgan fingerprint density at radius 1 is 1.10 bits per heavy atom. The molecule has 1 aromatic carbocycles. The molecule has 1 N–H and O–H groups in total. The third kappa shape index (κ3) is 3.97. The normalized spacial score (nSPS) is 13.0. The molecule has 0 saturated carbocycles. The number of halogens is 3. The highest BCUT2D eigenvalue weighted by molar-refractivity contribution is 5.39. The number of hydrogen-bond acceptors (Lipinski definition) is 2. The molecule has 0 aliphatic carbocycles. The molecule has 2 aromatic rings. The van der Waals surface area contributed by atoms with Crippen molar-refractivity contribution in [2.24, 2.45) is 0 Å². The topological polar surface area (TPSA) is 24.9 Å². The van der Waals surface area contributed by atoms with Crippen molar-refractivity contribution in [3.8, 4) is 0 Å². The van der Waals surface area contributed by atoms with E-state index in [1.807, 2.05) is 31.2 Å². The lowest BCUT2D eigenvalue weighted by atomic mass is 10.1. The number of aryl methyl sites for hydroxylation is 1. The Kier molecular flexibility index (Phi) is 4.50. The lowest BCUT2D eigenvalue weighted by Crippen LogP contribution is -2.10. The molecule has 5 heteroatoms. The molecule has 21 heavy (non-hydrogen) atoms. The second-order valence-electron chi connectivity index (χ2n) is 4.89. The van der Waals surface area contributed by atoms with E-state index in [0.29, 0.717) is 5.82 Å². The monoisotopic (exact) mass is 294 g/mol. The van der Waals surface area contributed by atoms with Crippen molar-refractivity contribution in [1.82, 2.24) is 4.98 Å². The fourth-order valence-corrected chi connectivity index (χ4v) is 1.99. The Morgan fingerprint density at radius 2 is 1.76 bits per heavy atom. The molecule has 0 bridgehead atoms.